The van der Waals surface area contributed by atoms with Gasteiger partial charge in [0, 0.05) is 18.4 Å². The summed E-state index contributed by atoms with van der Waals surface area (Å²) in [4.78, 5) is 2.15. The molecule has 0 spiro atoms. The summed E-state index contributed by atoms with van der Waals surface area (Å²) in [5.41, 5.74) is 1.25. The molecule has 0 aromatic carbocycles. The van der Waals surface area contributed by atoms with E-state index < -0.39 is 0 Å². The smallest absolute Gasteiger partial charge is 0.0409 e. The summed E-state index contributed by atoms with van der Waals surface area (Å²) >= 11 is 0. The minimum absolute atomic E-state index is 0.975. The van der Waals surface area contributed by atoms with E-state index in [9.17, 15) is 0 Å². The maximum Gasteiger partial charge on any atom is 0.0409 e. The van der Waals surface area contributed by atoms with Crippen LogP contribution < -0.4 is 0 Å². The van der Waals surface area contributed by atoms with E-state index in [0.717, 1.165) is 6.54 Å². The molecule has 2 aliphatic rings. The van der Waals surface area contributed by atoms with E-state index in [4.69, 9.17) is 0 Å². The molecule has 1 nitrogen and oxygen atoms in total. The van der Waals surface area contributed by atoms with Crippen molar-refractivity contribution in [2.45, 2.75) is 0 Å². The number of allylic oxidation sites excluding steroid dienone is 5. The van der Waals surface area contributed by atoms with Gasteiger partial charge in [-0.25, -0.2) is 0 Å². The SMILES string of the molecule is [C]1=CN2CC=CC=C2C=C1. The van der Waals surface area contributed by atoms with Crippen molar-refractivity contribution in [2.24, 2.45) is 0 Å². The molecule has 0 N–H and O–H groups in total. The molecule has 0 atom stereocenters. The normalized spacial score (nSPS) is 20.8. The zero-order chi connectivity index (χ0) is 6.81. The van der Waals surface area contributed by atoms with E-state index in [-0.39, 0.29) is 0 Å². The summed E-state index contributed by atoms with van der Waals surface area (Å²) in [5.74, 6) is 0. The Bertz CT molecular complexity index is 243. The van der Waals surface area contributed by atoms with Crippen molar-refractivity contribution in [3.63, 3.8) is 0 Å². The van der Waals surface area contributed by atoms with Crippen LogP contribution in [0.15, 0.2) is 42.3 Å². The highest BCUT2D eigenvalue weighted by atomic mass is 15.1. The van der Waals surface area contributed by atoms with Gasteiger partial charge in [0.05, 0.1) is 0 Å². The average molecular weight is 130 g/mol. The molecule has 0 saturated carbocycles. The molecule has 2 heterocycles. The van der Waals surface area contributed by atoms with Crippen LogP contribution in [0.4, 0.5) is 0 Å². The van der Waals surface area contributed by atoms with E-state index in [2.05, 4.69) is 35.3 Å². The van der Waals surface area contributed by atoms with Crippen LogP contribution in [0, 0.1) is 6.08 Å². The van der Waals surface area contributed by atoms with E-state index >= 15 is 0 Å². The lowest BCUT2D eigenvalue weighted by molar-refractivity contribution is 0.521. The first-order valence-electron chi connectivity index (χ1n) is 3.36. The molecule has 1 heteroatoms. The second-order valence-corrected chi connectivity index (χ2v) is 2.30. The predicted molar refractivity (Wildman–Crippen MR) is 40.9 cm³/mol. The second-order valence-electron chi connectivity index (χ2n) is 2.30. The number of rotatable bonds is 0. The summed E-state index contributed by atoms with van der Waals surface area (Å²) < 4.78 is 0. The lowest BCUT2D eigenvalue weighted by Gasteiger charge is -2.23. The molecule has 0 saturated heterocycles. The monoisotopic (exact) mass is 130 g/mol. The number of fused-ring (bicyclic) bond motifs is 1. The number of nitrogens with zero attached hydrogens (tertiary/aromatic N) is 1. The topological polar surface area (TPSA) is 3.24 Å². The molecule has 0 aromatic heterocycles. The zero-order valence-electron chi connectivity index (χ0n) is 5.62. The fraction of sp³-hybridized carbons (Fsp3) is 0.111. The van der Waals surface area contributed by atoms with Crippen LogP contribution in [0.2, 0.25) is 0 Å². The average Bonchev–Trinajstić information content (AvgIpc) is 2.05. The van der Waals surface area contributed by atoms with Crippen LogP contribution in [0.1, 0.15) is 0 Å². The fourth-order valence-electron chi connectivity index (χ4n) is 1.09. The summed E-state index contributed by atoms with van der Waals surface area (Å²) in [6, 6.07) is 0. The van der Waals surface area contributed by atoms with Crippen molar-refractivity contribution in [3.8, 4) is 0 Å². The van der Waals surface area contributed by atoms with E-state index in [0.29, 0.717) is 0 Å². The molecule has 10 heavy (non-hydrogen) atoms. The van der Waals surface area contributed by atoms with Crippen LogP contribution in [0.5, 0.6) is 0 Å². The van der Waals surface area contributed by atoms with Gasteiger partial charge in [0.15, 0.2) is 0 Å². The Morgan fingerprint density at radius 3 is 3.40 bits per heavy atom. The number of hydrogen-bond acceptors (Lipinski definition) is 1. The molecule has 0 bridgehead atoms. The molecule has 0 aliphatic carbocycles. The molecule has 0 amide bonds. The van der Waals surface area contributed by atoms with Gasteiger partial charge in [0.1, 0.15) is 0 Å². The molecule has 0 unspecified atom stereocenters. The van der Waals surface area contributed by atoms with Crippen LogP contribution in [-0.2, 0) is 0 Å². The second kappa shape index (κ2) is 2.18. The first-order chi connectivity index (χ1) is 4.97. The van der Waals surface area contributed by atoms with Gasteiger partial charge in [0.25, 0.3) is 0 Å². The quantitative estimate of drug-likeness (QED) is 0.481. The minimum Gasteiger partial charge on any atom is -0.344 e. The third-order valence-electron chi connectivity index (χ3n) is 1.62. The van der Waals surface area contributed by atoms with Crippen molar-refractivity contribution < 1.29 is 0 Å². The maximum atomic E-state index is 3.03. The van der Waals surface area contributed by atoms with Crippen LogP contribution in [0.3, 0.4) is 0 Å². The maximum absolute atomic E-state index is 3.03. The van der Waals surface area contributed by atoms with Crippen molar-refractivity contribution in [2.75, 3.05) is 6.54 Å². The van der Waals surface area contributed by atoms with E-state index in [1.165, 1.54) is 5.70 Å². The van der Waals surface area contributed by atoms with E-state index in [1.54, 1.807) is 0 Å². The van der Waals surface area contributed by atoms with E-state index in [1.807, 2.05) is 12.3 Å². The third-order valence-corrected chi connectivity index (χ3v) is 1.62. The Morgan fingerprint density at radius 1 is 1.50 bits per heavy atom. The summed E-state index contributed by atoms with van der Waals surface area (Å²) in [6.07, 6.45) is 15.3. The molecular formula is C9H8N. The predicted octanol–water partition coefficient (Wildman–Crippen LogP) is 1.63. The van der Waals surface area contributed by atoms with Crippen molar-refractivity contribution in [1.29, 1.82) is 0 Å². The van der Waals surface area contributed by atoms with Crippen LogP contribution in [0.25, 0.3) is 0 Å². The standard InChI is InChI=1S/C9H8N/c1-3-7-10-8-4-2-6-9(10)5-1/h1-3,5-6,8H,7H2. The van der Waals surface area contributed by atoms with Crippen molar-refractivity contribution in [3.05, 3.63) is 48.4 Å². The summed E-state index contributed by atoms with van der Waals surface area (Å²) in [7, 11) is 0. The van der Waals surface area contributed by atoms with Gasteiger partial charge in [-0.2, -0.15) is 0 Å². The van der Waals surface area contributed by atoms with Gasteiger partial charge in [0.2, 0.25) is 0 Å². The van der Waals surface area contributed by atoms with Crippen molar-refractivity contribution in [1.82, 2.24) is 4.90 Å². The first-order valence-corrected chi connectivity index (χ1v) is 3.36. The lowest BCUT2D eigenvalue weighted by Crippen LogP contribution is -2.18. The largest absolute Gasteiger partial charge is 0.344 e. The van der Waals surface area contributed by atoms with Crippen molar-refractivity contribution >= 4 is 0 Å². The molecule has 1 radical (unpaired) electrons. The summed E-state index contributed by atoms with van der Waals surface area (Å²) in [6.45, 7) is 0.975. The Morgan fingerprint density at radius 2 is 2.50 bits per heavy atom. The molecule has 2 aliphatic heterocycles. The Kier molecular flexibility index (Phi) is 1.21. The van der Waals surface area contributed by atoms with Gasteiger partial charge in [-0.05, 0) is 18.2 Å². The Labute approximate surface area is 60.6 Å². The number of hydrogen-bond donors (Lipinski definition) is 0. The highest BCUT2D eigenvalue weighted by Crippen LogP contribution is 2.14. The zero-order valence-corrected chi connectivity index (χ0v) is 5.62. The van der Waals surface area contributed by atoms with Crippen LogP contribution >= 0.6 is 0 Å². The highest BCUT2D eigenvalue weighted by Gasteiger charge is 2.05. The minimum atomic E-state index is 0.975. The lowest BCUT2D eigenvalue weighted by atomic mass is 10.2. The van der Waals surface area contributed by atoms with Gasteiger partial charge in [-0.3, -0.25) is 0 Å². The molecule has 49 valence electrons. The molecule has 0 fully saturated rings. The first kappa shape index (κ1) is 5.54. The third kappa shape index (κ3) is 0.798. The Balaban J connectivity index is 2.34. The highest BCUT2D eigenvalue weighted by molar-refractivity contribution is 5.31. The summed E-state index contributed by atoms with van der Waals surface area (Å²) in [5, 5.41) is 0. The fourth-order valence-corrected chi connectivity index (χ4v) is 1.09. The molecule has 0 aromatic rings. The molecule has 2 rings (SSSR count). The van der Waals surface area contributed by atoms with Gasteiger partial charge in [-0.1, -0.05) is 18.2 Å². The van der Waals surface area contributed by atoms with Gasteiger partial charge >= 0.3 is 0 Å². The van der Waals surface area contributed by atoms with Gasteiger partial charge in [-0.15, -0.1) is 0 Å². The molecular weight excluding hydrogens is 122 g/mol. The van der Waals surface area contributed by atoms with Crippen LogP contribution in [-0.4, -0.2) is 11.4 Å². The van der Waals surface area contributed by atoms with Gasteiger partial charge < -0.3 is 4.90 Å². The Hall–Kier alpha value is -1.24.